The Morgan fingerprint density at radius 3 is 2.64 bits per heavy atom. The van der Waals surface area contributed by atoms with Crippen LogP contribution in [0.4, 0.5) is 5.69 Å². The normalized spacial score (nSPS) is 13.1. The summed E-state index contributed by atoms with van der Waals surface area (Å²) in [5.74, 6) is -0.239. The summed E-state index contributed by atoms with van der Waals surface area (Å²) < 4.78 is 0. The highest BCUT2D eigenvalue weighted by atomic mass is 16.2. The molecule has 3 rings (SSSR count). The van der Waals surface area contributed by atoms with Crippen molar-refractivity contribution in [3.05, 3.63) is 65.2 Å². The molecule has 0 aliphatic carbocycles. The molecule has 112 valence electrons. The maximum absolute atomic E-state index is 12.3. The summed E-state index contributed by atoms with van der Waals surface area (Å²) >= 11 is 0. The Morgan fingerprint density at radius 2 is 1.86 bits per heavy atom. The van der Waals surface area contributed by atoms with Gasteiger partial charge in [0.2, 0.25) is 5.91 Å². The fraction of sp³-hybridized carbons (Fsp3) is 0.222. The van der Waals surface area contributed by atoms with Gasteiger partial charge in [0.15, 0.2) is 0 Å². The van der Waals surface area contributed by atoms with E-state index in [-0.39, 0.29) is 18.4 Å². The Hall–Kier alpha value is -2.62. The number of para-hydroxylation sites is 1. The van der Waals surface area contributed by atoms with Gasteiger partial charge in [-0.2, -0.15) is 0 Å². The SMILES string of the molecule is CCc1ccccc1NC(=O)CN1Cc2ccccc2C1=O. The minimum atomic E-state index is -0.165. The molecule has 2 aromatic carbocycles. The molecule has 1 aliphatic heterocycles. The van der Waals surface area contributed by atoms with E-state index >= 15 is 0 Å². The zero-order chi connectivity index (χ0) is 15.5. The summed E-state index contributed by atoms with van der Waals surface area (Å²) in [5, 5.41) is 2.90. The monoisotopic (exact) mass is 294 g/mol. The lowest BCUT2D eigenvalue weighted by molar-refractivity contribution is -0.116. The van der Waals surface area contributed by atoms with Gasteiger partial charge in [-0.1, -0.05) is 43.3 Å². The average Bonchev–Trinajstić information content (AvgIpc) is 2.84. The van der Waals surface area contributed by atoms with Gasteiger partial charge < -0.3 is 10.2 Å². The van der Waals surface area contributed by atoms with Crippen LogP contribution in [0.5, 0.6) is 0 Å². The van der Waals surface area contributed by atoms with E-state index in [2.05, 4.69) is 5.32 Å². The van der Waals surface area contributed by atoms with Gasteiger partial charge in [0.05, 0.1) is 0 Å². The largest absolute Gasteiger partial charge is 0.325 e. The molecule has 4 nitrogen and oxygen atoms in total. The Balaban J connectivity index is 1.67. The fourth-order valence-corrected chi connectivity index (χ4v) is 2.76. The van der Waals surface area contributed by atoms with Gasteiger partial charge in [-0.3, -0.25) is 9.59 Å². The van der Waals surface area contributed by atoms with Crippen LogP contribution in [0.2, 0.25) is 0 Å². The van der Waals surface area contributed by atoms with Crippen LogP contribution in [0.1, 0.15) is 28.4 Å². The molecule has 0 aromatic heterocycles. The van der Waals surface area contributed by atoms with Crippen molar-refractivity contribution in [3.63, 3.8) is 0 Å². The highest BCUT2D eigenvalue weighted by molar-refractivity contribution is 6.02. The Labute approximate surface area is 129 Å². The van der Waals surface area contributed by atoms with Gasteiger partial charge in [0, 0.05) is 17.8 Å². The van der Waals surface area contributed by atoms with E-state index in [1.807, 2.05) is 55.5 Å². The van der Waals surface area contributed by atoms with Crippen molar-refractivity contribution in [2.45, 2.75) is 19.9 Å². The summed E-state index contributed by atoms with van der Waals surface area (Å²) in [6.45, 7) is 2.62. The van der Waals surface area contributed by atoms with Gasteiger partial charge in [-0.25, -0.2) is 0 Å². The van der Waals surface area contributed by atoms with Gasteiger partial charge >= 0.3 is 0 Å². The quantitative estimate of drug-likeness (QED) is 0.942. The third-order valence-electron chi connectivity index (χ3n) is 3.90. The van der Waals surface area contributed by atoms with Crippen molar-refractivity contribution in [3.8, 4) is 0 Å². The maximum Gasteiger partial charge on any atom is 0.254 e. The lowest BCUT2D eigenvalue weighted by atomic mass is 10.1. The topological polar surface area (TPSA) is 49.4 Å². The van der Waals surface area contributed by atoms with Crippen molar-refractivity contribution < 1.29 is 9.59 Å². The van der Waals surface area contributed by atoms with Crippen molar-refractivity contribution in [1.29, 1.82) is 0 Å². The smallest absolute Gasteiger partial charge is 0.254 e. The molecule has 0 radical (unpaired) electrons. The second kappa shape index (κ2) is 6.02. The first-order chi connectivity index (χ1) is 10.7. The molecule has 4 heteroatoms. The number of hydrogen-bond acceptors (Lipinski definition) is 2. The molecule has 0 saturated carbocycles. The zero-order valence-corrected chi connectivity index (χ0v) is 12.5. The molecule has 0 bridgehead atoms. The predicted octanol–water partition coefficient (Wildman–Crippen LogP) is 2.84. The van der Waals surface area contributed by atoms with Crippen LogP contribution in [-0.4, -0.2) is 23.3 Å². The van der Waals surface area contributed by atoms with E-state index in [4.69, 9.17) is 0 Å². The van der Waals surface area contributed by atoms with Gasteiger partial charge in [-0.05, 0) is 29.7 Å². The van der Waals surface area contributed by atoms with Crippen molar-refractivity contribution in [2.24, 2.45) is 0 Å². The highest BCUT2D eigenvalue weighted by Crippen LogP contribution is 2.22. The van der Waals surface area contributed by atoms with E-state index < -0.39 is 0 Å². The minimum absolute atomic E-state index is 0.0745. The first kappa shape index (κ1) is 14.3. The number of aryl methyl sites for hydroxylation is 1. The number of benzene rings is 2. The third-order valence-corrected chi connectivity index (χ3v) is 3.90. The Bertz CT molecular complexity index is 725. The number of amides is 2. The number of rotatable bonds is 4. The molecule has 0 fully saturated rings. The lowest BCUT2D eigenvalue weighted by Crippen LogP contribution is -2.33. The van der Waals surface area contributed by atoms with Crippen LogP contribution in [-0.2, 0) is 17.8 Å². The van der Waals surface area contributed by atoms with E-state index in [0.29, 0.717) is 12.1 Å². The maximum atomic E-state index is 12.3. The first-order valence-electron chi connectivity index (χ1n) is 7.44. The number of nitrogens with zero attached hydrogens (tertiary/aromatic N) is 1. The molecule has 1 aliphatic rings. The van der Waals surface area contributed by atoms with E-state index in [1.165, 1.54) is 0 Å². The third kappa shape index (κ3) is 2.72. The number of nitrogens with one attached hydrogen (secondary N) is 1. The summed E-state index contributed by atoms with van der Waals surface area (Å²) in [7, 11) is 0. The summed E-state index contributed by atoms with van der Waals surface area (Å²) in [6.07, 6.45) is 0.852. The van der Waals surface area contributed by atoms with Crippen LogP contribution in [0.3, 0.4) is 0 Å². The number of carbonyl (C=O) groups is 2. The van der Waals surface area contributed by atoms with Crippen LogP contribution >= 0.6 is 0 Å². The van der Waals surface area contributed by atoms with E-state index in [0.717, 1.165) is 23.2 Å². The molecule has 0 spiro atoms. The second-order valence-electron chi connectivity index (χ2n) is 5.38. The molecular weight excluding hydrogens is 276 g/mol. The fourth-order valence-electron chi connectivity index (χ4n) is 2.76. The number of fused-ring (bicyclic) bond motifs is 1. The first-order valence-corrected chi connectivity index (χ1v) is 7.44. The molecule has 2 aromatic rings. The standard InChI is InChI=1S/C18H18N2O2/c1-2-13-7-4-6-10-16(13)19-17(21)12-20-11-14-8-3-5-9-15(14)18(20)22/h3-10H,2,11-12H2,1H3,(H,19,21). The molecule has 22 heavy (non-hydrogen) atoms. The Morgan fingerprint density at radius 1 is 1.14 bits per heavy atom. The number of anilines is 1. The van der Waals surface area contributed by atoms with E-state index in [1.54, 1.807) is 4.90 Å². The van der Waals surface area contributed by atoms with Gasteiger partial charge in [0.1, 0.15) is 6.54 Å². The van der Waals surface area contributed by atoms with Crippen LogP contribution in [0.25, 0.3) is 0 Å². The zero-order valence-electron chi connectivity index (χ0n) is 12.5. The molecule has 2 amide bonds. The molecule has 1 heterocycles. The van der Waals surface area contributed by atoms with Gasteiger partial charge in [0.25, 0.3) is 5.91 Å². The van der Waals surface area contributed by atoms with E-state index in [9.17, 15) is 9.59 Å². The van der Waals surface area contributed by atoms with Crippen LogP contribution in [0.15, 0.2) is 48.5 Å². The molecule has 1 N–H and O–H groups in total. The molecule has 0 unspecified atom stereocenters. The van der Waals surface area contributed by atoms with Crippen molar-refractivity contribution in [2.75, 3.05) is 11.9 Å². The number of carbonyl (C=O) groups excluding carboxylic acids is 2. The summed E-state index contributed by atoms with van der Waals surface area (Å²) in [4.78, 5) is 26.1. The number of hydrogen-bond donors (Lipinski definition) is 1. The average molecular weight is 294 g/mol. The summed E-state index contributed by atoms with van der Waals surface area (Å²) in [5.41, 5.74) is 3.59. The molecular formula is C18H18N2O2. The Kier molecular flexibility index (Phi) is 3.92. The second-order valence-corrected chi connectivity index (χ2v) is 5.38. The lowest BCUT2D eigenvalue weighted by Gasteiger charge is -2.16. The van der Waals surface area contributed by atoms with Crippen LogP contribution < -0.4 is 5.32 Å². The molecule has 0 saturated heterocycles. The van der Waals surface area contributed by atoms with Crippen LogP contribution in [0, 0.1) is 0 Å². The predicted molar refractivity (Wildman–Crippen MR) is 85.6 cm³/mol. The molecule has 0 atom stereocenters. The minimum Gasteiger partial charge on any atom is -0.325 e. The van der Waals surface area contributed by atoms with Gasteiger partial charge in [-0.15, -0.1) is 0 Å². The van der Waals surface area contributed by atoms with Crippen molar-refractivity contribution in [1.82, 2.24) is 4.90 Å². The summed E-state index contributed by atoms with van der Waals surface area (Å²) in [6, 6.07) is 15.2. The highest BCUT2D eigenvalue weighted by Gasteiger charge is 2.28. The van der Waals surface area contributed by atoms with Crippen molar-refractivity contribution >= 4 is 17.5 Å².